The molecule has 0 aliphatic heterocycles. The van der Waals surface area contributed by atoms with E-state index < -0.39 is 15.8 Å². The first-order chi connectivity index (χ1) is 9.87. The molecule has 0 spiro atoms. The van der Waals surface area contributed by atoms with Gasteiger partial charge in [-0.15, -0.1) is 0 Å². The summed E-state index contributed by atoms with van der Waals surface area (Å²) in [4.78, 5) is 0. The maximum Gasteiger partial charge on any atom is 0.216 e. The Hall–Kier alpha value is -0.950. The Morgan fingerprint density at radius 1 is 1.19 bits per heavy atom. The van der Waals surface area contributed by atoms with E-state index >= 15 is 0 Å². The lowest BCUT2D eigenvalue weighted by Crippen LogP contribution is -2.24. The van der Waals surface area contributed by atoms with Gasteiger partial charge in [-0.05, 0) is 45.3 Å². The zero-order chi connectivity index (χ0) is 15.5. The molecule has 0 unspecified atom stereocenters. The Kier molecular flexibility index (Phi) is 5.37. The van der Waals surface area contributed by atoms with Gasteiger partial charge in [0, 0.05) is 11.6 Å². The molecule has 0 saturated heterocycles. The molecule has 0 aromatic heterocycles. The normalized spacial score (nSPS) is 11.6. The van der Waals surface area contributed by atoms with Gasteiger partial charge in [0.05, 0.1) is 10.2 Å². The Bertz CT molecular complexity index is 752. The topological polar surface area (TPSA) is 46.2 Å². The first-order valence-corrected chi connectivity index (χ1v) is 8.84. The van der Waals surface area contributed by atoms with E-state index in [1.165, 1.54) is 12.1 Å². The molecule has 7 heteroatoms. The second kappa shape index (κ2) is 6.87. The van der Waals surface area contributed by atoms with E-state index in [9.17, 15) is 12.8 Å². The fourth-order valence-electron chi connectivity index (χ4n) is 1.71. The van der Waals surface area contributed by atoms with E-state index in [0.717, 1.165) is 0 Å². The molecular weight excluding hydrogens is 381 g/mol. The van der Waals surface area contributed by atoms with Gasteiger partial charge in [0.1, 0.15) is 5.82 Å². The quantitative estimate of drug-likeness (QED) is 0.840. The first-order valence-electron chi connectivity index (χ1n) is 6.02. The maximum atomic E-state index is 13.4. The van der Waals surface area contributed by atoms with E-state index in [1.54, 1.807) is 30.3 Å². The minimum atomic E-state index is -3.55. The van der Waals surface area contributed by atoms with Crippen LogP contribution in [-0.2, 0) is 22.3 Å². The molecule has 1 N–H and O–H groups in total. The summed E-state index contributed by atoms with van der Waals surface area (Å²) in [5.41, 5.74) is 1.06. The Morgan fingerprint density at radius 3 is 2.57 bits per heavy atom. The van der Waals surface area contributed by atoms with Crippen molar-refractivity contribution in [1.82, 2.24) is 4.72 Å². The fourth-order valence-corrected chi connectivity index (χ4v) is 3.39. The fraction of sp³-hybridized carbons (Fsp3) is 0.143. The van der Waals surface area contributed by atoms with E-state index in [2.05, 4.69) is 20.7 Å². The molecule has 2 aromatic rings. The summed E-state index contributed by atoms with van der Waals surface area (Å²) in [7, 11) is -3.55. The molecule has 0 aliphatic carbocycles. The minimum Gasteiger partial charge on any atom is -0.212 e. The molecule has 0 amide bonds. The molecule has 3 nitrogen and oxygen atoms in total. The molecule has 0 aliphatic rings. The molecule has 0 fully saturated rings. The molecule has 2 rings (SSSR count). The van der Waals surface area contributed by atoms with Crippen LogP contribution in [0, 0.1) is 5.82 Å². The van der Waals surface area contributed by atoms with Gasteiger partial charge in [-0.3, -0.25) is 0 Å². The van der Waals surface area contributed by atoms with E-state index in [4.69, 9.17) is 11.6 Å². The van der Waals surface area contributed by atoms with Crippen LogP contribution in [-0.4, -0.2) is 8.42 Å². The van der Waals surface area contributed by atoms with Gasteiger partial charge in [-0.1, -0.05) is 35.9 Å². The lowest BCUT2D eigenvalue weighted by atomic mass is 10.2. The van der Waals surface area contributed by atoms with Crippen LogP contribution in [0.3, 0.4) is 0 Å². The predicted molar refractivity (Wildman–Crippen MR) is 85.0 cm³/mol. The zero-order valence-corrected chi connectivity index (χ0v) is 14.0. The van der Waals surface area contributed by atoms with E-state index in [1.807, 2.05) is 0 Å². The Morgan fingerprint density at radius 2 is 1.90 bits per heavy atom. The predicted octanol–water partition coefficient (Wildman–Crippen LogP) is 3.86. The van der Waals surface area contributed by atoms with Gasteiger partial charge < -0.3 is 0 Å². The second-order valence-corrected chi connectivity index (χ2v) is 7.49. The van der Waals surface area contributed by atoms with Crippen LogP contribution in [0.15, 0.2) is 46.9 Å². The van der Waals surface area contributed by atoms with Crippen molar-refractivity contribution < 1.29 is 12.8 Å². The van der Waals surface area contributed by atoms with E-state index in [-0.39, 0.29) is 12.3 Å². The van der Waals surface area contributed by atoms with Crippen molar-refractivity contribution in [3.8, 4) is 0 Å². The van der Waals surface area contributed by atoms with Gasteiger partial charge in [-0.2, -0.15) is 0 Å². The molecule has 2 aromatic carbocycles. The van der Waals surface area contributed by atoms with Crippen molar-refractivity contribution in [2.24, 2.45) is 0 Å². The lowest BCUT2D eigenvalue weighted by molar-refractivity contribution is 0.579. The van der Waals surface area contributed by atoms with Crippen molar-refractivity contribution in [1.29, 1.82) is 0 Å². The molecule has 0 bridgehead atoms. The highest BCUT2D eigenvalue weighted by Gasteiger charge is 2.13. The third-order valence-corrected chi connectivity index (χ3v) is 5.07. The molecule has 0 heterocycles. The van der Waals surface area contributed by atoms with Crippen molar-refractivity contribution in [2.45, 2.75) is 12.3 Å². The Balaban J connectivity index is 2.04. The van der Waals surface area contributed by atoms with Crippen LogP contribution >= 0.6 is 27.5 Å². The summed E-state index contributed by atoms with van der Waals surface area (Å²) in [6.45, 7) is 0.0248. The van der Waals surface area contributed by atoms with Gasteiger partial charge in [0.25, 0.3) is 0 Å². The van der Waals surface area contributed by atoms with Gasteiger partial charge in [0.2, 0.25) is 10.0 Å². The van der Waals surface area contributed by atoms with Gasteiger partial charge >= 0.3 is 0 Å². The number of hydrogen-bond acceptors (Lipinski definition) is 2. The molecule has 21 heavy (non-hydrogen) atoms. The van der Waals surface area contributed by atoms with Gasteiger partial charge in [0.15, 0.2) is 0 Å². The molecule has 0 saturated carbocycles. The minimum absolute atomic E-state index is 0.0248. The third kappa shape index (κ3) is 4.78. The summed E-state index contributed by atoms with van der Waals surface area (Å²) in [6.07, 6.45) is 0. The zero-order valence-electron chi connectivity index (χ0n) is 10.8. The largest absolute Gasteiger partial charge is 0.216 e. The monoisotopic (exact) mass is 391 g/mol. The summed E-state index contributed by atoms with van der Waals surface area (Å²) in [6, 6.07) is 11.2. The number of hydrogen-bond donors (Lipinski definition) is 1. The second-order valence-electron chi connectivity index (χ2n) is 4.42. The van der Waals surface area contributed by atoms with Crippen LogP contribution < -0.4 is 4.72 Å². The van der Waals surface area contributed by atoms with Gasteiger partial charge in [-0.25, -0.2) is 17.5 Å². The number of benzene rings is 2. The molecule has 112 valence electrons. The lowest BCUT2D eigenvalue weighted by Gasteiger charge is -2.08. The highest BCUT2D eigenvalue weighted by atomic mass is 79.9. The van der Waals surface area contributed by atoms with Crippen molar-refractivity contribution >= 4 is 37.6 Å². The van der Waals surface area contributed by atoms with Crippen LogP contribution in [0.2, 0.25) is 5.02 Å². The van der Waals surface area contributed by atoms with Crippen LogP contribution in [0.4, 0.5) is 4.39 Å². The highest BCUT2D eigenvalue weighted by Crippen LogP contribution is 2.18. The summed E-state index contributed by atoms with van der Waals surface area (Å²) in [5, 5.41) is 0.401. The summed E-state index contributed by atoms with van der Waals surface area (Å²) >= 11 is 8.98. The SMILES string of the molecule is O=S(=O)(Cc1ccccc1Cl)NCc1ccc(Br)c(F)c1. The first kappa shape index (κ1) is 16.4. The molecule has 0 atom stereocenters. The number of rotatable bonds is 5. The number of nitrogens with one attached hydrogen (secondary N) is 1. The van der Waals surface area contributed by atoms with Crippen molar-refractivity contribution in [3.05, 3.63) is 68.9 Å². The maximum absolute atomic E-state index is 13.4. The summed E-state index contributed by atoms with van der Waals surface area (Å²) < 4.78 is 40.1. The van der Waals surface area contributed by atoms with Crippen LogP contribution in [0.25, 0.3) is 0 Å². The molecule has 0 radical (unpaired) electrons. The smallest absolute Gasteiger partial charge is 0.212 e. The average molecular weight is 393 g/mol. The Labute approximate surface area is 136 Å². The molecular formula is C14H12BrClFNO2S. The standard InChI is InChI=1S/C14H12BrClFNO2S/c15-12-6-5-10(7-14(12)17)8-18-21(19,20)9-11-3-1-2-4-13(11)16/h1-7,18H,8-9H2. The third-order valence-electron chi connectivity index (χ3n) is 2.78. The van der Waals surface area contributed by atoms with Crippen molar-refractivity contribution in [3.63, 3.8) is 0 Å². The number of halogens is 3. The van der Waals surface area contributed by atoms with E-state index in [0.29, 0.717) is 20.6 Å². The van der Waals surface area contributed by atoms with Crippen molar-refractivity contribution in [2.75, 3.05) is 0 Å². The number of sulfonamides is 1. The highest BCUT2D eigenvalue weighted by molar-refractivity contribution is 9.10. The summed E-state index contributed by atoms with van der Waals surface area (Å²) in [5.74, 6) is -0.649. The van der Waals surface area contributed by atoms with Crippen LogP contribution in [0.5, 0.6) is 0 Å². The average Bonchev–Trinajstić information content (AvgIpc) is 2.43. The van der Waals surface area contributed by atoms with Crippen LogP contribution in [0.1, 0.15) is 11.1 Å².